The third kappa shape index (κ3) is 4.38. The summed E-state index contributed by atoms with van der Waals surface area (Å²) in [6.07, 6.45) is 0. The largest absolute Gasteiger partial charge is 0.493 e. The summed E-state index contributed by atoms with van der Waals surface area (Å²) in [5.74, 6) is 1.25. The van der Waals surface area contributed by atoms with E-state index in [2.05, 4.69) is 12.2 Å². The minimum Gasteiger partial charge on any atom is -0.493 e. The molecule has 0 heterocycles. The molecule has 21 heavy (non-hydrogen) atoms. The Labute approximate surface area is 130 Å². The standard InChI is InChI=1S/C17H20ClNO2/c1-3-19-11-14-9-15(18)17(16(10-14)20-2)21-12-13-7-5-4-6-8-13/h4-10,19H,3,11-12H2,1-2H3. The van der Waals surface area contributed by atoms with E-state index < -0.39 is 0 Å². The van der Waals surface area contributed by atoms with E-state index in [0.717, 1.165) is 24.2 Å². The van der Waals surface area contributed by atoms with Crippen molar-refractivity contribution in [2.45, 2.75) is 20.1 Å². The van der Waals surface area contributed by atoms with E-state index >= 15 is 0 Å². The van der Waals surface area contributed by atoms with Crippen LogP contribution in [0, 0.1) is 0 Å². The van der Waals surface area contributed by atoms with Gasteiger partial charge in [-0.15, -0.1) is 0 Å². The van der Waals surface area contributed by atoms with Crippen LogP contribution in [0.5, 0.6) is 11.5 Å². The van der Waals surface area contributed by atoms with E-state index in [4.69, 9.17) is 21.1 Å². The molecule has 0 saturated carbocycles. The van der Waals surface area contributed by atoms with Crippen molar-refractivity contribution in [1.82, 2.24) is 5.32 Å². The molecule has 0 atom stereocenters. The highest BCUT2D eigenvalue weighted by molar-refractivity contribution is 6.32. The lowest BCUT2D eigenvalue weighted by molar-refractivity contribution is 0.284. The number of ether oxygens (including phenoxy) is 2. The van der Waals surface area contributed by atoms with Gasteiger partial charge in [0.05, 0.1) is 12.1 Å². The van der Waals surface area contributed by atoms with Crippen LogP contribution < -0.4 is 14.8 Å². The van der Waals surface area contributed by atoms with Gasteiger partial charge in [-0.3, -0.25) is 0 Å². The van der Waals surface area contributed by atoms with Crippen LogP contribution in [0.4, 0.5) is 0 Å². The monoisotopic (exact) mass is 305 g/mol. The molecule has 0 aliphatic carbocycles. The van der Waals surface area contributed by atoms with Crippen molar-refractivity contribution >= 4 is 11.6 Å². The van der Waals surface area contributed by atoms with E-state index in [1.165, 1.54) is 0 Å². The molecule has 1 N–H and O–H groups in total. The highest BCUT2D eigenvalue weighted by atomic mass is 35.5. The molecule has 3 nitrogen and oxygen atoms in total. The molecule has 4 heteroatoms. The van der Waals surface area contributed by atoms with Gasteiger partial charge in [-0.2, -0.15) is 0 Å². The third-order valence-electron chi connectivity index (χ3n) is 3.09. The lowest BCUT2D eigenvalue weighted by atomic mass is 10.2. The number of rotatable bonds is 7. The molecule has 112 valence electrons. The maximum absolute atomic E-state index is 6.33. The van der Waals surface area contributed by atoms with Crippen LogP contribution in [0.15, 0.2) is 42.5 Å². The molecule has 0 bridgehead atoms. The van der Waals surface area contributed by atoms with Crippen molar-refractivity contribution in [3.63, 3.8) is 0 Å². The maximum atomic E-state index is 6.33. The van der Waals surface area contributed by atoms with Crippen LogP contribution in [0.1, 0.15) is 18.1 Å². The van der Waals surface area contributed by atoms with E-state index in [0.29, 0.717) is 23.1 Å². The van der Waals surface area contributed by atoms with Crippen LogP contribution in [-0.4, -0.2) is 13.7 Å². The summed E-state index contributed by atoms with van der Waals surface area (Å²) in [5.41, 5.74) is 2.16. The van der Waals surface area contributed by atoms with E-state index in [-0.39, 0.29) is 0 Å². The average Bonchev–Trinajstić information content (AvgIpc) is 2.52. The first kappa shape index (κ1) is 15.7. The number of methoxy groups -OCH3 is 1. The Kier molecular flexibility index (Phi) is 5.90. The number of hydrogen-bond donors (Lipinski definition) is 1. The highest BCUT2D eigenvalue weighted by Crippen LogP contribution is 2.36. The molecular weight excluding hydrogens is 286 g/mol. The van der Waals surface area contributed by atoms with Gasteiger partial charge in [0, 0.05) is 6.54 Å². The molecule has 0 unspecified atom stereocenters. The summed E-state index contributed by atoms with van der Waals surface area (Å²) in [6.45, 7) is 4.19. The molecule has 0 amide bonds. The number of benzene rings is 2. The van der Waals surface area contributed by atoms with Gasteiger partial charge < -0.3 is 14.8 Å². The number of halogens is 1. The van der Waals surface area contributed by atoms with Crippen molar-refractivity contribution in [2.24, 2.45) is 0 Å². The average molecular weight is 306 g/mol. The summed E-state index contributed by atoms with van der Waals surface area (Å²) < 4.78 is 11.2. The SMILES string of the molecule is CCNCc1cc(Cl)c(OCc2ccccc2)c(OC)c1. The molecule has 0 aliphatic heterocycles. The summed E-state index contributed by atoms with van der Waals surface area (Å²) in [4.78, 5) is 0. The van der Waals surface area contributed by atoms with Gasteiger partial charge in [0.1, 0.15) is 6.61 Å². The zero-order chi connectivity index (χ0) is 15.1. The van der Waals surface area contributed by atoms with Crippen LogP contribution >= 0.6 is 11.6 Å². The van der Waals surface area contributed by atoms with Crippen molar-refractivity contribution < 1.29 is 9.47 Å². The summed E-state index contributed by atoms with van der Waals surface area (Å²) in [5, 5.41) is 3.83. The highest BCUT2D eigenvalue weighted by Gasteiger charge is 2.12. The molecule has 0 spiro atoms. The summed E-state index contributed by atoms with van der Waals surface area (Å²) in [6, 6.07) is 13.8. The van der Waals surface area contributed by atoms with Crippen LogP contribution in [0.2, 0.25) is 5.02 Å². The molecule has 2 rings (SSSR count). The smallest absolute Gasteiger partial charge is 0.180 e. The molecule has 2 aromatic rings. The Hall–Kier alpha value is -1.71. The van der Waals surface area contributed by atoms with Gasteiger partial charge in [0.15, 0.2) is 11.5 Å². The van der Waals surface area contributed by atoms with Crippen LogP contribution in [-0.2, 0) is 13.2 Å². The van der Waals surface area contributed by atoms with Gasteiger partial charge in [-0.05, 0) is 29.8 Å². The Morgan fingerprint density at radius 2 is 1.86 bits per heavy atom. The fraction of sp³-hybridized carbons (Fsp3) is 0.294. The zero-order valence-corrected chi connectivity index (χ0v) is 13.1. The predicted octanol–water partition coefficient (Wildman–Crippen LogP) is 4.04. The Bertz CT molecular complexity index is 573. The van der Waals surface area contributed by atoms with E-state index in [1.54, 1.807) is 7.11 Å². The zero-order valence-electron chi connectivity index (χ0n) is 12.4. The first-order valence-electron chi connectivity index (χ1n) is 6.98. The lowest BCUT2D eigenvalue weighted by Gasteiger charge is -2.14. The normalized spacial score (nSPS) is 10.4. The topological polar surface area (TPSA) is 30.5 Å². The minimum absolute atomic E-state index is 0.462. The third-order valence-corrected chi connectivity index (χ3v) is 3.38. The number of nitrogens with one attached hydrogen (secondary N) is 1. The number of hydrogen-bond acceptors (Lipinski definition) is 3. The van der Waals surface area contributed by atoms with Gasteiger partial charge in [0.2, 0.25) is 0 Å². The molecule has 0 radical (unpaired) electrons. The second-order valence-electron chi connectivity index (χ2n) is 4.66. The Balaban J connectivity index is 2.14. The molecule has 0 aromatic heterocycles. The first-order valence-corrected chi connectivity index (χ1v) is 7.36. The van der Waals surface area contributed by atoms with E-state index in [1.807, 2.05) is 42.5 Å². The fourth-order valence-electron chi connectivity index (χ4n) is 2.01. The van der Waals surface area contributed by atoms with E-state index in [9.17, 15) is 0 Å². The van der Waals surface area contributed by atoms with Gasteiger partial charge >= 0.3 is 0 Å². The minimum atomic E-state index is 0.462. The second-order valence-corrected chi connectivity index (χ2v) is 5.07. The quantitative estimate of drug-likeness (QED) is 0.837. The van der Waals surface area contributed by atoms with Crippen molar-refractivity contribution in [1.29, 1.82) is 0 Å². The van der Waals surface area contributed by atoms with Gasteiger partial charge in [0.25, 0.3) is 0 Å². The van der Waals surface area contributed by atoms with Crippen molar-refractivity contribution in [2.75, 3.05) is 13.7 Å². The van der Waals surface area contributed by atoms with Gasteiger partial charge in [-0.1, -0.05) is 48.9 Å². The molecule has 2 aromatic carbocycles. The Morgan fingerprint density at radius 3 is 2.52 bits per heavy atom. The van der Waals surface area contributed by atoms with Gasteiger partial charge in [-0.25, -0.2) is 0 Å². The molecule has 0 saturated heterocycles. The van der Waals surface area contributed by atoms with Crippen LogP contribution in [0.25, 0.3) is 0 Å². The predicted molar refractivity (Wildman–Crippen MR) is 86.2 cm³/mol. The summed E-state index contributed by atoms with van der Waals surface area (Å²) in [7, 11) is 1.62. The second kappa shape index (κ2) is 7.91. The fourth-order valence-corrected chi connectivity index (χ4v) is 2.30. The maximum Gasteiger partial charge on any atom is 0.180 e. The molecular formula is C17H20ClNO2. The van der Waals surface area contributed by atoms with Crippen molar-refractivity contribution in [3.8, 4) is 11.5 Å². The Morgan fingerprint density at radius 1 is 1.10 bits per heavy atom. The van der Waals surface area contributed by atoms with Crippen molar-refractivity contribution in [3.05, 3.63) is 58.6 Å². The molecule has 0 aliphatic rings. The first-order chi connectivity index (χ1) is 10.2. The molecule has 0 fully saturated rings. The summed E-state index contributed by atoms with van der Waals surface area (Å²) >= 11 is 6.33. The van der Waals surface area contributed by atoms with Crippen LogP contribution in [0.3, 0.4) is 0 Å². The lowest BCUT2D eigenvalue weighted by Crippen LogP contribution is -2.12.